The van der Waals surface area contributed by atoms with E-state index in [0.717, 1.165) is 0 Å². The molecule has 7 heteroatoms. The number of nitrogens with zero attached hydrogens (tertiary/aromatic N) is 2. The van der Waals surface area contributed by atoms with E-state index in [1.807, 2.05) is 13.8 Å². The van der Waals surface area contributed by atoms with Crippen LogP contribution in [0.5, 0.6) is 11.5 Å². The normalized spacial score (nSPS) is 18.0. The number of amides is 2. The van der Waals surface area contributed by atoms with Crippen molar-refractivity contribution < 1.29 is 19.1 Å². The topological polar surface area (TPSA) is 85.1 Å². The largest absolute Gasteiger partial charge is 0.454 e. The third-order valence-corrected chi connectivity index (χ3v) is 4.50. The molecule has 1 atom stereocenters. The Labute approximate surface area is 141 Å². The molecule has 0 saturated carbocycles. The van der Waals surface area contributed by atoms with E-state index in [4.69, 9.17) is 15.2 Å². The molecule has 1 aromatic rings. The van der Waals surface area contributed by atoms with Gasteiger partial charge in [0.2, 0.25) is 12.7 Å². The fraction of sp³-hybridized carbons (Fsp3) is 0.529. The van der Waals surface area contributed by atoms with Crippen LogP contribution < -0.4 is 15.2 Å². The summed E-state index contributed by atoms with van der Waals surface area (Å²) < 4.78 is 10.6. The molecule has 0 bridgehead atoms. The lowest BCUT2D eigenvalue weighted by molar-refractivity contribution is -0.135. The summed E-state index contributed by atoms with van der Waals surface area (Å²) in [5.74, 6) is 1.25. The number of hydrogen-bond donors (Lipinski definition) is 1. The monoisotopic (exact) mass is 333 g/mol. The second-order valence-electron chi connectivity index (χ2n) is 6.46. The van der Waals surface area contributed by atoms with Crippen molar-refractivity contribution in [3.05, 3.63) is 23.8 Å². The minimum Gasteiger partial charge on any atom is -0.454 e. The molecule has 24 heavy (non-hydrogen) atoms. The minimum absolute atomic E-state index is 0.0415. The summed E-state index contributed by atoms with van der Waals surface area (Å²) in [6.07, 6.45) is 0. The molecule has 1 aromatic carbocycles. The highest BCUT2D eigenvalue weighted by atomic mass is 16.7. The predicted octanol–water partition coefficient (Wildman–Crippen LogP) is 0.683. The third kappa shape index (κ3) is 3.17. The fourth-order valence-corrected chi connectivity index (χ4v) is 2.84. The van der Waals surface area contributed by atoms with Gasteiger partial charge in [-0.2, -0.15) is 0 Å². The van der Waals surface area contributed by atoms with Crippen LogP contribution in [0.4, 0.5) is 0 Å². The van der Waals surface area contributed by atoms with Gasteiger partial charge in [0.1, 0.15) is 0 Å². The van der Waals surface area contributed by atoms with Gasteiger partial charge < -0.3 is 25.0 Å². The van der Waals surface area contributed by atoms with Crippen LogP contribution >= 0.6 is 0 Å². The first-order chi connectivity index (χ1) is 11.5. The molecule has 3 rings (SSSR count). The lowest BCUT2D eigenvalue weighted by Gasteiger charge is -2.36. The molecule has 2 aliphatic rings. The first-order valence-electron chi connectivity index (χ1n) is 8.20. The van der Waals surface area contributed by atoms with Crippen LogP contribution in [-0.2, 0) is 4.79 Å². The maximum Gasteiger partial charge on any atom is 0.254 e. The lowest BCUT2D eigenvalue weighted by Crippen LogP contribution is -2.55. The van der Waals surface area contributed by atoms with Crippen LogP contribution in [0.2, 0.25) is 0 Å². The van der Waals surface area contributed by atoms with Gasteiger partial charge >= 0.3 is 0 Å². The lowest BCUT2D eigenvalue weighted by atomic mass is 10.0. The van der Waals surface area contributed by atoms with Crippen LogP contribution in [0, 0.1) is 5.92 Å². The van der Waals surface area contributed by atoms with Crippen molar-refractivity contribution in [3.8, 4) is 11.5 Å². The van der Waals surface area contributed by atoms with Crippen LogP contribution in [0.15, 0.2) is 18.2 Å². The molecular weight excluding hydrogens is 310 g/mol. The van der Waals surface area contributed by atoms with Gasteiger partial charge in [-0.25, -0.2) is 0 Å². The molecule has 7 nitrogen and oxygen atoms in total. The van der Waals surface area contributed by atoms with Crippen molar-refractivity contribution >= 4 is 11.8 Å². The van der Waals surface area contributed by atoms with Crippen LogP contribution in [-0.4, -0.2) is 60.6 Å². The van der Waals surface area contributed by atoms with Crippen molar-refractivity contribution in [1.82, 2.24) is 9.80 Å². The van der Waals surface area contributed by atoms with Gasteiger partial charge in [0.25, 0.3) is 5.91 Å². The highest BCUT2D eigenvalue weighted by molar-refractivity contribution is 5.95. The van der Waals surface area contributed by atoms with E-state index in [1.54, 1.807) is 28.0 Å². The summed E-state index contributed by atoms with van der Waals surface area (Å²) in [5, 5.41) is 0. The number of piperazine rings is 1. The number of nitrogens with two attached hydrogens (primary N) is 1. The molecule has 2 aliphatic heterocycles. The Kier molecular flexibility index (Phi) is 4.62. The third-order valence-electron chi connectivity index (χ3n) is 4.50. The Hall–Kier alpha value is -2.28. The standard InChI is InChI=1S/C17H23N3O4/c1-11(2)15(18)17(22)20-7-5-19(6-8-20)16(21)12-3-4-13-14(9-12)24-10-23-13/h3-4,9,11,15H,5-8,10,18H2,1-2H3/t15-/m0/s1. The van der Waals surface area contributed by atoms with E-state index in [0.29, 0.717) is 43.2 Å². The van der Waals surface area contributed by atoms with Gasteiger partial charge in [0.15, 0.2) is 11.5 Å². The quantitative estimate of drug-likeness (QED) is 0.879. The summed E-state index contributed by atoms with van der Waals surface area (Å²) in [7, 11) is 0. The van der Waals surface area contributed by atoms with Gasteiger partial charge in [0.05, 0.1) is 6.04 Å². The molecule has 2 N–H and O–H groups in total. The van der Waals surface area contributed by atoms with Gasteiger partial charge in [-0.3, -0.25) is 9.59 Å². The second kappa shape index (κ2) is 6.68. The number of carbonyl (C=O) groups excluding carboxylic acids is 2. The summed E-state index contributed by atoms with van der Waals surface area (Å²) in [5.41, 5.74) is 6.50. The first kappa shape index (κ1) is 16.6. The van der Waals surface area contributed by atoms with Crippen molar-refractivity contribution in [2.75, 3.05) is 33.0 Å². The molecule has 0 aromatic heterocycles. The molecule has 2 amide bonds. The zero-order valence-corrected chi connectivity index (χ0v) is 14.0. The van der Waals surface area contributed by atoms with Gasteiger partial charge in [-0.05, 0) is 24.1 Å². The van der Waals surface area contributed by atoms with E-state index in [9.17, 15) is 9.59 Å². The van der Waals surface area contributed by atoms with Gasteiger partial charge in [-0.15, -0.1) is 0 Å². The Morgan fingerprint density at radius 3 is 2.33 bits per heavy atom. The number of fused-ring (bicyclic) bond motifs is 1. The van der Waals surface area contributed by atoms with Crippen molar-refractivity contribution in [2.24, 2.45) is 11.7 Å². The predicted molar refractivity (Wildman–Crippen MR) is 87.9 cm³/mol. The zero-order chi connectivity index (χ0) is 17.3. The molecule has 0 aliphatic carbocycles. The Balaban J connectivity index is 1.60. The van der Waals surface area contributed by atoms with Gasteiger partial charge in [0, 0.05) is 31.7 Å². The molecule has 0 radical (unpaired) electrons. The fourth-order valence-electron chi connectivity index (χ4n) is 2.84. The number of ether oxygens (including phenoxy) is 2. The Morgan fingerprint density at radius 2 is 1.67 bits per heavy atom. The van der Waals surface area contributed by atoms with Crippen molar-refractivity contribution in [2.45, 2.75) is 19.9 Å². The maximum absolute atomic E-state index is 12.6. The Morgan fingerprint density at radius 1 is 1.04 bits per heavy atom. The van der Waals surface area contributed by atoms with E-state index >= 15 is 0 Å². The average Bonchev–Trinajstić information content (AvgIpc) is 3.07. The highest BCUT2D eigenvalue weighted by Crippen LogP contribution is 2.32. The molecule has 2 heterocycles. The number of carbonyl (C=O) groups is 2. The Bertz CT molecular complexity index is 639. The summed E-state index contributed by atoms with van der Waals surface area (Å²) in [6.45, 7) is 6.08. The molecule has 1 saturated heterocycles. The van der Waals surface area contributed by atoms with Crippen LogP contribution in [0.25, 0.3) is 0 Å². The summed E-state index contributed by atoms with van der Waals surface area (Å²) in [4.78, 5) is 28.4. The second-order valence-corrected chi connectivity index (χ2v) is 6.46. The van der Waals surface area contributed by atoms with Crippen molar-refractivity contribution in [1.29, 1.82) is 0 Å². The molecule has 0 unspecified atom stereocenters. The van der Waals surface area contributed by atoms with E-state index < -0.39 is 6.04 Å². The highest BCUT2D eigenvalue weighted by Gasteiger charge is 2.29. The van der Waals surface area contributed by atoms with Crippen molar-refractivity contribution in [3.63, 3.8) is 0 Å². The summed E-state index contributed by atoms with van der Waals surface area (Å²) in [6, 6.07) is 4.71. The smallest absolute Gasteiger partial charge is 0.254 e. The molecule has 1 fully saturated rings. The molecule has 130 valence electrons. The van der Waals surface area contributed by atoms with E-state index in [2.05, 4.69) is 0 Å². The number of rotatable bonds is 3. The SMILES string of the molecule is CC(C)[C@H](N)C(=O)N1CCN(C(=O)c2ccc3c(c2)OCO3)CC1. The average molecular weight is 333 g/mol. The molecule has 0 spiro atoms. The van der Waals surface area contributed by atoms with Gasteiger partial charge in [-0.1, -0.05) is 13.8 Å². The maximum atomic E-state index is 12.6. The van der Waals surface area contributed by atoms with Crippen LogP contribution in [0.1, 0.15) is 24.2 Å². The first-order valence-corrected chi connectivity index (χ1v) is 8.20. The number of hydrogen-bond acceptors (Lipinski definition) is 5. The minimum atomic E-state index is -0.485. The van der Waals surface area contributed by atoms with E-state index in [-0.39, 0.29) is 24.5 Å². The van der Waals surface area contributed by atoms with E-state index in [1.165, 1.54) is 0 Å². The van der Waals surface area contributed by atoms with Crippen LogP contribution in [0.3, 0.4) is 0 Å². The number of benzene rings is 1. The zero-order valence-electron chi connectivity index (χ0n) is 14.0. The summed E-state index contributed by atoms with van der Waals surface area (Å²) >= 11 is 0. The molecular formula is C17H23N3O4.